The molecular weight excluding hydrogens is 368 g/mol. The fourth-order valence-corrected chi connectivity index (χ4v) is 2.89. The van der Waals surface area contributed by atoms with E-state index < -0.39 is 0 Å². The van der Waals surface area contributed by atoms with Gasteiger partial charge in [-0.05, 0) is 36.8 Å². The predicted octanol–water partition coefficient (Wildman–Crippen LogP) is 2.66. The first-order chi connectivity index (χ1) is 14.1. The lowest BCUT2D eigenvalue weighted by atomic mass is 10.2. The van der Waals surface area contributed by atoms with Gasteiger partial charge in [0, 0.05) is 24.0 Å². The number of fused-ring (bicyclic) bond motifs is 1. The molecule has 4 N–H and O–H groups in total. The van der Waals surface area contributed by atoms with Gasteiger partial charge in [0.1, 0.15) is 11.3 Å². The van der Waals surface area contributed by atoms with E-state index in [9.17, 15) is 4.79 Å². The maximum absolute atomic E-state index is 11.7. The van der Waals surface area contributed by atoms with E-state index in [0.29, 0.717) is 35.8 Å². The maximum atomic E-state index is 11.7. The minimum atomic E-state index is -0.314. The highest BCUT2D eigenvalue weighted by Crippen LogP contribution is 2.19. The molecule has 0 aliphatic rings. The Morgan fingerprint density at radius 2 is 2.07 bits per heavy atom. The smallest absolute Gasteiger partial charge is 0.320 e. The van der Waals surface area contributed by atoms with Crippen LogP contribution in [-0.4, -0.2) is 37.3 Å². The second kappa shape index (κ2) is 7.93. The number of carbonyl (C=O) groups is 1. The average molecular weight is 388 g/mol. The highest BCUT2D eigenvalue weighted by Gasteiger charge is 2.09. The Morgan fingerprint density at radius 3 is 2.90 bits per heavy atom. The Hall–Kier alpha value is -4.01. The quantitative estimate of drug-likeness (QED) is 0.452. The lowest BCUT2D eigenvalue weighted by Crippen LogP contribution is -2.28. The summed E-state index contributed by atoms with van der Waals surface area (Å²) < 4.78 is 1.82. The third-order valence-corrected chi connectivity index (χ3v) is 4.21. The van der Waals surface area contributed by atoms with Crippen LogP contribution in [0.15, 0.2) is 55.0 Å². The zero-order valence-electron chi connectivity index (χ0n) is 15.8. The molecule has 3 aromatic heterocycles. The fraction of sp³-hybridized carbons (Fsp3) is 0.150. The van der Waals surface area contributed by atoms with Gasteiger partial charge < -0.3 is 11.1 Å². The highest BCUT2D eigenvalue weighted by atomic mass is 16.2. The van der Waals surface area contributed by atoms with E-state index in [0.717, 1.165) is 16.8 Å². The summed E-state index contributed by atoms with van der Waals surface area (Å²) in [5.41, 5.74) is 10.2. The first kappa shape index (κ1) is 18.4. The van der Waals surface area contributed by atoms with Gasteiger partial charge in [-0.15, -0.1) is 0 Å². The van der Waals surface area contributed by atoms with Gasteiger partial charge in [0.25, 0.3) is 0 Å². The van der Waals surface area contributed by atoms with Crippen molar-refractivity contribution in [1.29, 1.82) is 0 Å². The molecule has 146 valence electrons. The molecule has 0 atom stereocenters. The molecule has 0 fully saturated rings. The van der Waals surface area contributed by atoms with Crippen molar-refractivity contribution in [3.05, 3.63) is 60.6 Å². The van der Waals surface area contributed by atoms with Crippen molar-refractivity contribution in [2.24, 2.45) is 0 Å². The zero-order valence-corrected chi connectivity index (χ0v) is 15.8. The summed E-state index contributed by atoms with van der Waals surface area (Å²) >= 11 is 0. The molecule has 9 nitrogen and oxygen atoms in total. The number of hydrogen-bond acceptors (Lipinski definition) is 6. The van der Waals surface area contributed by atoms with Crippen molar-refractivity contribution in [2.45, 2.75) is 13.5 Å². The van der Waals surface area contributed by atoms with E-state index in [-0.39, 0.29) is 6.03 Å². The molecule has 9 heteroatoms. The van der Waals surface area contributed by atoms with Gasteiger partial charge in [0.05, 0.1) is 24.6 Å². The number of urea groups is 1. The Morgan fingerprint density at radius 1 is 1.17 bits per heavy atom. The van der Waals surface area contributed by atoms with Crippen molar-refractivity contribution in [3.8, 4) is 11.3 Å². The molecule has 4 rings (SSSR count). The van der Waals surface area contributed by atoms with Crippen molar-refractivity contribution < 1.29 is 4.79 Å². The number of pyridine rings is 1. The Balaban J connectivity index is 1.57. The fourth-order valence-electron chi connectivity index (χ4n) is 2.89. The third-order valence-electron chi connectivity index (χ3n) is 4.21. The predicted molar refractivity (Wildman–Crippen MR) is 111 cm³/mol. The largest absolute Gasteiger partial charge is 0.399 e. The van der Waals surface area contributed by atoms with E-state index in [4.69, 9.17) is 5.73 Å². The second-order valence-corrected chi connectivity index (χ2v) is 6.45. The number of anilines is 2. The molecule has 3 heterocycles. The molecule has 2 amide bonds. The van der Waals surface area contributed by atoms with Crippen LogP contribution in [0.25, 0.3) is 22.4 Å². The molecule has 0 bridgehead atoms. The number of nitrogen functional groups attached to an aromatic ring is 1. The second-order valence-electron chi connectivity index (χ2n) is 6.45. The number of nitrogens with two attached hydrogens (primary N) is 1. The van der Waals surface area contributed by atoms with Crippen LogP contribution >= 0.6 is 0 Å². The first-order valence-corrected chi connectivity index (χ1v) is 9.16. The number of amides is 2. The number of benzene rings is 1. The molecule has 4 aromatic rings. The van der Waals surface area contributed by atoms with Crippen LogP contribution < -0.4 is 16.4 Å². The summed E-state index contributed by atoms with van der Waals surface area (Å²) in [6.07, 6.45) is 5.32. The number of carbonyl (C=O) groups excluding carboxylic acids is 1. The van der Waals surface area contributed by atoms with Gasteiger partial charge in [-0.1, -0.05) is 12.1 Å². The molecule has 0 spiro atoms. The van der Waals surface area contributed by atoms with Gasteiger partial charge in [0.15, 0.2) is 5.65 Å². The minimum Gasteiger partial charge on any atom is -0.399 e. The van der Waals surface area contributed by atoms with Crippen LogP contribution in [0, 0.1) is 0 Å². The van der Waals surface area contributed by atoms with Crippen molar-refractivity contribution in [3.63, 3.8) is 0 Å². The lowest BCUT2D eigenvalue weighted by Gasteiger charge is -2.06. The van der Waals surface area contributed by atoms with E-state index in [2.05, 4.69) is 30.7 Å². The molecule has 0 saturated carbocycles. The van der Waals surface area contributed by atoms with Crippen LogP contribution in [0.3, 0.4) is 0 Å². The molecular formula is C20H20N8O. The zero-order chi connectivity index (χ0) is 20.2. The van der Waals surface area contributed by atoms with E-state index in [1.165, 1.54) is 0 Å². The number of nitrogens with one attached hydrogen (secondary N) is 2. The van der Waals surface area contributed by atoms with Crippen LogP contribution in [0.4, 0.5) is 16.3 Å². The number of rotatable bonds is 5. The van der Waals surface area contributed by atoms with Gasteiger partial charge >= 0.3 is 6.03 Å². The van der Waals surface area contributed by atoms with Gasteiger partial charge in [0.2, 0.25) is 0 Å². The summed E-state index contributed by atoms with van der Waals surface area (Å²) in [7, 11) is 0. The minimum absolute atomic E-state index is 0.314. The van der Waals surface area contributed by atoms with Crippen LogP contribution in [0.5, 0.6) is 0 Å². The summed E-state index contributed by atoms with van der Waals surface area (Å²) in [5.74, 6) is 0.410. The van der Waals surface area contributed by atoms with E-state index in [1.54, 1.807) is 24.5 Å². The Kier molecular flexibility index (Phi) is 5.02. The molecule has 0 radical (unpaired) electrons. The van der Waals surface area contributed by atoms with Gasteiger partial charge in [-0.3, -0.25) is 15.0 Å². The Bertz CT molecular complexity index is 1170. The standard InChI is InChI=1S/C20H20N8O/c1-2-22-20(29)27-18-7-6-16-19(26-18)25-17(10-23-16)14-9-24-28(12-14)11-13-4-3-5-15(21)8-13/h3-10,12H,2,11,21H2,1H3,(H2,22,25,26,27,29). The van der Waals surface area contributed by atoms with E-state index >= 15 is 0 Å². The van der Waals surface area contributed by atoms with Crippen molar-refractivity contribution in [1.82, 2.24) is 30.0 Å². The molecule has 0 aliphatic carbocycles. The maximum Gasteiger partial charge on any atom is 0.320 e. The molecule has 0 unspecified atom stereocenters. The highest BCUT2D eigenvalue weighted by molar-refractivity contribution is 5.89. The average Bonchev–Trinajstić information content (AvgIpc) is 3.16. The monoisotopic (exact) mass is 388 g/mol. The van der Waals surface area contributed by atoms with E-state index in [1.807, 2.05) is 42.1 Å². The molecule has 0 saturated heterocycles. The summed E-state index contributed by atoms with van der Waals surface area (Å²) in [6, 6.07) is 10.8. The topological polar surface area (TPSA) is 124 Å². The van der Waals surface area contributed by atoms with Crippen molar-refractivity contribution in [2.75, 3.05) is 17.6 Å². The number of nitrogens with zero attached hydrogens (tertiary/aromatic N) is 5. The molecule has 0 aliphatic heterocycles. The lowest BCUT2D eigenvalue weighted by molar-refractivity contribution is 0.252. The molecule has 29 heavy (non-hydrogen) atoms. The van der Waals surface area contributed by atoms with Crippen LogP contribution in [0.2, 0.25) is 0 Å². The SMILES string of the molecule is CCNC(=O)Nc1ccc2ncc(-c3cnn(Cc4cccc(N)c4)c3)nc2n1. The van der Waals surface area contributed by atoms with Crippen molar-refractivity contribution >= 4 is 28.7 Å². The summed E-state index contributed by atoms with van der Waals surface area (Å²) in [5, 5.41) is 9.73. The number of aromatic nitrogens is 5. The first-order valence-electron chi connectivity index (χ1n) is 9.16. The van der Waals surface area contributed by atoms with Crippen LogP contribution in [0.1, 0.15) is 12.5 Å². The Labute approximate surface area is 167 Å². The van der Waals surface area contributed by atoms with Gasteiger partial charge in [-0.25, -0.2) is 14.8 Å². The molecule has 1 aromatic carbocycles. The van der Waals surface area contributed by atoms with Crippen LogP contribution in [-0.2, 0) is 6.54 Å². The summed E-state index contributed by atoms with van der Waals surface area (Å²) in [4.78, 5) is 25.1. The van der Waals surface area contributed by atoms with Gasteiger partial charge in [-0.2, -0.15) is 5.10 Å². The normalized spacial score (nSPS) is 10.8. The number of hydrogen-bond donors (Lipinski definition) is 3. The summed E-state index contributed by atoms with van der Waals surface area (Å²) in [6.45, 7) is 2.98. The third kappa shape index (κ3) is 4.29.